The first kappa shape index (κ1) is 31.0. The SMILES string of the molecule is CCCCCCCCCCCC(=O)OCC(COP(=O)(O)OCC[N+](C)(C)C)OC(C)=O. The number of hydrogen-bond acceptors (Lipinski definition) is 7. The average molecular weight is 483 g/mol. The number of ether oxygens (including phenoxy) is 2. The number of esters is 2. The molecule has 0 saturated carbocycles. The monoisotopic (exact) mass is 482 g/mol. The Kier molecular flexibility index (Phi) is 16.9. The van der Waals surface area contributed by atoms with Crippen LogP contribution in [0.15, 0.2) is 0 Å². The molecule has 0 fully saturated rings. The van der Waals surface area contributed by atoms with Crippen LogP contribution in [0.25, 0.3) is 0 Å². The van der Waals surface area contributed by atoms with Gasteiger partial charge in [-0.15, -0.1) is 0 Å². The van der Waals surface area contributed by atoms with E-state index in [0.29, 0.717) is 11.0 Å². The van der Waals surface area contributed by atoms with Gasteiger partial charge >= 0.3 is 19.8 Å². The van der Waals surface area contributed by atoms with Crippen LogP contribution in [-0.4, -0.2) is 74.9 Å². The van der Waals surface area contributed by atoms with Crippen LogP contribution in [0.4, 0.5) is 0 Å². The van der Waals surface area contributed by atoms with E-state index in [0.717, 1.165) is 19.3 Å². The molecule has 0 aliphatic carbocycles. The first-order chi connectivity index (χ1) is 14.9. The van der Waals surface area contributed by atoms with Crippen molar-refractivity contribution in [3.8, 4) is 0 Å². The average Bonchev–Trinajstić information content (AvgIpc) is 2.67. The first-order valence-corrected chi connectivity index (χ1v) is 13.2. The van der Waals surface area contributed by atoms with E-state index in [9.17, 15) is 19.0 Å². The molecule has 0 heterocycles. The van der Waals surface area contributed by atoms with Crippen molar-refractivity contribution in [3.63, 3.8) is 0 Å². The highest BCUT2D eigenvalue weighted by Crippen LogP contribution is 2.43. The van der Waals surface area contributed by atoms with Gasteiger partial charge < -0.3 is 18.9 Å². The third kappa shape index (κ3) is 20.9. The summed E-state index contributed by atoms with van der Waals surface area (Å²) in [6, 6.07) is 0. The summed E-state index contributed by atoms with van der Waals surface area (Å²) in [6.07, 6.45) is 9.65. The van der Waals surface area contributed by atoms with Gasteiger partial charge in [-0.3, -0.25) is 18.6 Å². The molecule has 0 rings (SSSR count). The van der Waals surface area contributed by atoms with Crippen molar-refractivity contribution >= 4 is 19.8 Å². The number of quaternary nitrogens is 1. The molecule has 0 amide bonds. The minimum absolute atomic E-state index is 0.0310. The van der Waals surface area contributed by atoms with Crippen LogP contribution in [0.2, 0.25) is 0 Å². The maximum atomic E-state index is 12.0. The minimum atomic E-state index is -4.30. The van der Waals surface area contributed by atoms with E-state index >= 15 is 0 Å². The normalized spacial score (nSPS) is 14.6. The zero-order valence-corrected chi connectivity index (χ0v) is 21.6. The number of carbonyl (C=O) groups excluding carboxylic acids is 2. The van der Waals surface area contributed by atoms with E-state index < -0.39 is 32.5 Å². The largest absolute Gasteiger partial charge is 0.472 e. The summed E-state index contributed by atoms with van der Waals surface area (Å²) >= 11 is 0. The quantitative estimate of drug-likeness (QED) is 0.119. The lowest BCUT2D eigenvalue weighted by Crippen LogP contribution is -2.37. The predicted molar refractivity (Wildman–Crippen MR) is 123 cm³/mol. The lowest BCUT2D eigenvalue weighted by atomic mass is 10.1. The number of phosphoric ester groups is 1. The lowest BCUT2D eigenvalue weighted by molar-refractivity contribution is -0.870. The molecular formula is C22H45NO8P+. The van der Waals surface area contributed by atoms with E-state index in [1.807, 2.05) is 21.1 Å². The van der Waals surface area contributed by atoms with Crippen LogP contribution in [-0.2, 0) is 32.7 Å². The van der Waals surface area contributed by atoms with E-state index in [1.165, 1.54) is 45.4 Å². The van der Waals surface area contributed by atoms with E-state index in [-0.39, 0.29) is 19.6 Å². The Bertz CT molecular complexity index is 565. The first-order valence-electron chi connectivity index (χ1n) is 11.7. The zero-order valence-electron chi connectivity index (χ0n) is 20.7. The van der Waals surface area contributed by atoms with Gasteiger partial charge in [0.25, 0.3) is 0 Å². The molecule has 0 bridgehead atoms. The van der Waals surface area contributed by atoms with Crippen LogP contribution in [0, 0.1) is 0 Å². The summed E-state index contributed by atoms with van der Waals surface area (Å²) < 4.78 is 32.6. The van der Waals surface area contributed by atoms with Crippen LogP contribution < -0.4 is 0 Å². The Hall–Kier alpha value is -0.990. The Balaban J connectivity index is 4.12. The van der Waals surface area contributed by atoms with Crippen LogP contribution >= 0.6 is 7.82 Å². The Labute approximate surface area is 193 Å². The van der Waals surface area contributed by atoms with Crippen molar-refractivity contribution in [1.29, 1.82) is 0 Å². The number of unbranched alkanes of at least 4 members (excludes halogenated alkanes) is 8. The van der Waals surface area contributed by atoms with Gasteiger partial charge in [-0.2, -0.15) is 0 Å². The maximum Gasteiger partial charge on any atom is 0.472 e. The van der Waals surface area contributed by atoms with Gasteiger partial charge in [-0.1, -0.05) is 58.3 Å². The van der Waals surface area contributed by atoms with Crippen LogP contribution in [0.3, 0.4) is 0 Å². The summed E-state index contributed by atoms with van der Waals surface area (Å²) in [5.74, 6) is -0.996. The fourth-order valence-corrected chi connectivity index (χ4v) is 3.58. The van der Waals surface area contributed by atoms with Crippen molar-refractivity contribution in [1.82, 2.24) is 0 Å². The molecule has 10 heteroatoms. The molecule has 32 heavy (non-hydrogen) atoms. The molecule has 190 valence electrons. The smallest absolute Gasteiger partial charge is 0.462 e. The number of hydrogen-bond donors (Lipinski definition) is 1. The molecule has 1 N–H and O–H groups in total. The number of phosphoric acid groups is 1. The maximum absolute atomic E-state index is 12.0. The summed E-state index contributed by atoms with van der Waals surface area (Å²) in [5.41, 5.74) is 0. The molecule has 0 aliphatic rings. The summed E-state index contributed by atoms with van der Waals surface area (Å²) in [7, 11) is 1.47. The molecule has 0 aliphatic heterocycles. The summed E-state index contributed by atoms with van der Waals surface area (Å²) in [6.45, 7) is 3.29. The highest BCUT2D eigenvalue weighted by atomic mass is 31.2. The Morgan fingerprint density at radius 1 is 0.906 bits per heavy atom. The summed E-state index contributed by atoms with van der Waals surface area (Å²) in [5, 5.41) is 0. The molecule has 0 aromatic rings. The standard InChI is InChI=1S/C22H44NO8P/c1-6-7-8-9-10-11-12-13-14-15-22(25)28-18-21(31-20(2)24)19-30-32(26,27)29-17-16-23(3,4)5/h21H,6-19H2,1-5H3/p+1. The van der Waals surface area contributed by atoms with Gasteiger partial charge in [0.2, 0.25) is 0 Å². The molecule has 9 nitrogen and oxygen atoms in total. The van der Waals surface area contributed by atoms with Crippen LogP contribution in [0.5, 0.6) is 0 Å². The van der Waals surface area contributed by atoms with E-state index in [2.05, 4.69) is 6.92 Å². The lowest BCUT2D eigenvalue weighted by Gasteiger charge is -2.24. The minimum Gasteiger partial charge on any atom is -0.462 e. The van der Waals surface area contributed by atoms with E-state index in [4.69, 9.17) is 18.5 Å². The van der Waals surface area contributed by atoms with Crippen molar-refractivity contribution in [2.24, 2.45) is 0 Å². The van der Waals surface area contributed by atoms with Crippen molar-refractivity contribution in [2.45, 2.75) is 84.2 Å². The topological polar surface area (TPSA) is 108 Å². The number of nitrogens with zero attached hydrogens (tertiary/aromatic N) is 1. The third-order valence-electron chi connectivity index (χ3n) is 4.69. The van der Waals surface area contributed by atoms with Gasteiger partial charge in [0.15, 0.2) is 6.10 Å². The van der Waals surface area contributed by atoms with E-state index in [1.54, 1.807) is 0 Å². The second kappa shape index (κ2) is 17.5. The fraction of sp³-hybridized carbons (Fsp3) is 0.909. The fourth-order valence-electron chi connectivity index (χ4n) is 2.83. The second-order valence-electron chi connectivity index (χ2n) is 9.10. The molecule has 2 unspecified atom stereocenters. The third-order valence-corrected chi connectivity index (χ3v) is 5.67. The molecule has 0 saturated heterocycles. The molecule has 0 aromatic carbocycles. The van der Waals surface area contributed by atoms with Gasteiger partial charge in [-0.25, -0.2) is 4.57 Å². The second-order valence-corrected chi connectivity index (χ2v) is 10.6. The zero-order chi connectivity index (χ0) is 24.5. The molecular weight excluding hydrogens is 437 g/mol. The van der Waals surface area contributed by atoms with Gasteiger partial charge in [0, 0.05) is 13.3 Å². The van der Waals surface area contributed by atoms with Crippen molar-refractivity contribution < 1.29 is 42.1 Å². The van der Waals surface area contributed by atoms with Crippen molar-refractivity contribution in [2.75, 3.05) is 47.5 Å². The van der Waals surface area contributed by atoms with Crippen molar-refractivity contribution in [3.05, 3.63) is 0 Å². The highest BCUT2D eigenvalue weighted by molar-refractivity contribution is 7.47. The molecule has 0 radical (unpaired) electrons. The number of rotatable bonds is 20. The van der Waals surface area contributed by atoms with Gasteiger partial charge in [-0.05, 0) is 6.42 Å². The highest BCUT2D eigenvalue weighted by Gasteiger charge is 2.26. The molecule has 2 atom stereocenters. The number of carbonyl (C=O) groups is 2. The van der Waals surface area contributed by atoms with Gasteiger partial charge in [0.05, 0.1) is 27.7 Å². The Morgan fingerprint density at radius 2 is 1.47 bits per heavy atom. The molecule has 0 spiro atoms. The van der Waals surface area contributed by atoms with Crippen LogP contribution in [0.1, 0.15) is 78.1 Å². The predicted octanol–water partition coefficient (Wildman–Crippen LogP) is 4.22. The molecule has 0 aromatic heterocycles. The summed E-state index contributed by atoms with van der Waals surface area (Å²) in [4.78, 5) is 33.0. The Morgan fingerprint density at radius 3 is 2.00 bits per heavy atom. The number of likely N-dealkylation sites (N-methyl/N-ethyl adjacent to an activating group) is 1. The van der Waals surface area contributed by atoms with Gasteiger partial charge in [0.1, 0.15) is 19.8 Å².